The second-order valence-corrected chi connectivity index (χ2v) is 7.25. The van der Waals surface area contributed by atoms with E-state index in [1.807, 2.05) is 17.0 Å². The molecule has 7 nitrogen and oxygen atoms in total. The van der Waals surface area contributed by atoms with E-state index < -0.39 is 0 Å². The van der Waals surface area contributed by atoms with Crippen LogP contribution in [0.4, 0.5) is 16.2 Å². The summed E-state index contributed by atoms with van der Waals surface area (Å²) in [6.45, 7) is 1.64. The van der Waals surface area contributed by atoms with Crippen molar-refractivity contribution in [2.24, 2.45) is 0 Å². The van der Waals surface area contributed by atoms with Gasteiger partial charge in [-0.15, -0.1) is 5.10 Å². The van der Waals surface area contributed by atoms with Crippen molar-refractivity contribution in [1.82, 2.24) is 14.5 Å². The number of urea groups is 1. The number of nitrogens with one attached hydrogen (secondary N) is 2. The molecular weight excluding hydrogens is 362 g/mol. The summed E-state index contributed by atoms with van der Waals surface area (Å²) in [4.78, 5) is 26.6. The Kier molecular flexibility index (Phi) is 4.97. The highest BCUT2D eigenvalue weighted by atomic mass is 32.1. The lowest BCUT2D eigenvalue weighted by molar-refractivity contribution is 0.0724. The van der Waals surface area contributed by atoms with Gasteiger partial charge in [-0.25, -0.2) is 4.79 Å². The number of fused-ring (bicyclic) bond motifs is 1. The number of benzene rings is 2. The van der Waals surface area contributed by atoms with E-state index in [2.05, 4.69) is 20.2 Å². The molecule has 0 aliphatic carbocycles. The molecule has 0 unspecified atom stereocenters. The van der Waals surface area contributed by atoms with Crippen LogP contribution in [0.5, 0.6) is 0 Å². The van der Waals surface area contributed by atoms with Crippen molar-refractivity contribution in [2.75, 3.05) is 23.7 Å². The summed E-state index contributed by atoms with van der Waals surface area (Å²) in [6, 6.07) is 12.1. The highest BCUT2D eigenvalue weighted by molar-refractivity contribution is 7.12. The Hall–Kier alpha value is -3.00. The van der Waals surface area contributed by atoms with Gasteiger partial charge in [-0.3, -0.25) is 4.79 Å². The number of hydrogen-bond acceptors (Lipinski definition) is 5. The van der Waals surface area contributed by atoms with E-state index in [1.165, 1.54) is 18.0 Å². The number of hydrogen-bond donors (Lipinski definition) is 2. The van der Waals surface area contributed by atoms with Gasteiger partial charge in [-0.1, -0.05) is 4.49 Å². The van der Waals surface area contributed by atoms with Crippen molar-refractivity contribution < 1.29 is 9.59 Å². The van der Waals surface area contributed by atoms with Gasteiger partial charge in [0.1, 0.15) is 5.52 Å². The Morgan fingerprint density at radius 3 is 2.41 bits per heavy atom. The number of carbonyl (C=O) groups is 2. The Bertz CT molecular complexity index is 964. The number of carbonyl (C=O) groups excluding carboxylic acids is 2. The largest absolute Gasteiger partial charge is 0.339 e. The minimum atomic E-state index is -0.354. The van der Waals surface area contributed by atoms with E-state index in [0.717, 1.165) is 36.1 Å². The van der Waals surface area contributed by atoms with Crippen LogP contribution >= 0.6 is 11.5 Å². The molecule has 27 heavy (non-hydrogen) atoms. The monoisotopic (exact) mass is 381 g/mol. The van der Waals surface area contributed by atoms with E-state index in [1.54, 1.807) is 30.3 Å². The van der Waals surface area contributed by atoms with Crippen LogP contribution in [0.15, 0.2) is 42.5 Å². The topological polar surface area (TPSA) is 87.2 Å². The molecule has 0 spiro atoms. The minimum absolute atomic E-state index is 0.0517. The molecule has 0 bridgehead atoms. The van der Waals surface area contributed by atoms with Crippen molar-refractivity contribution in [3.8, 4) is 0 Å². The van der Waals surface area contributed by atoms with E-state index >= 15 is 0 Å². The summed E-state index contributed by atoms with van der Waals surface area (Å²) in [5.41, 5.74) is 2.66. The fourth-order valence-corrected chi connectivity index (χ4v) is 3.67. The van der Waals surface area contributed by atoms with Crippen LogP contribution in [0.2, 0.25) is 0 Å². The fourth-order valence-electron chi connectivity index (χ4n) is 3.13. The standard InChI is InChI=1S/C19H19N5O2S/c25-18(24-10-2-1-3-11-24)13-4-6-14(7-5-13)20-19(26)21-15-8-9-17-16(12-15)22-23-27-17/h4-9,12H,1-3,10-11H2,(H2,20,21,26). The summed E-state index contributed by atoms with van der Waals surface area (Å²) in [7, 11) is 0. The first-order valence-electron chi connectivity index (χ1n) is 8.88. The molecule has 1 aliphatic heterocycles. The SMILES string of the molecule is O=C(Nc1ccc(C(=O)N2CCCCC2)cc1)Nc1ccc2snnc2c1. The van der Waals surface area contributed by atoms with Gasteiger partial charge in [0.25, 0.3) is 5.91 Å². The molecular formula is C19H19N5O2S. The Morgan fingerprint density at radius 1 is 0.926 bits per heavy atom. The Labute approximate surface area is 160 Å². The molecule has 8 heteroatoms. The molecule has 1 aromatic heterocycles. The number of piperidine rings is 1. The average Bonchev–Trinajstić information content (AvgIpc) is 3.16. The van der Waals surface area contributed by atoms with Crippen molar-refractivity contribution in [3.05, 3.63) is 48.0 Å². The van der Waals surface area contributed by atoms with Crippen molar-refractivity contribution in [1.29, 1.82) is 0 Å². The minimum Gasteiger partial charge on any atom is -0.339 e. The molecule has 1 aliphatic rings. The van der Waals surface area contributed by atoms with Crippen LogP contribution in [-0.4, -0.2) is 39.5 Å². The summed E-state index contributed by atoms with van der Waals surface area (Å²) in [5, 5.41) is 9.54. The van der Waals surface area contributed by atoms with Gasteiger partial charge in [0.15, 0.2) is 0 Å². The van der Waals surface area contributed by atoms with Crippen molar-refractivity contribution in [2.45, 2.75) is 19.3 Å². The lowest BCUT2D eigenvalue weighted by atomic mass is 10.1. The number of rotatable bonds is 3. The zero-order valence-electron chi connectivity index (χ0n) is 14.6. The molecule has 2 aromatic carbocycles. The Morgan fingerprint density at radius 2 is 1.63 bits per heavy atom. The van der Waals surface area contributed by atoms with Gasteiger partial charge in [-0.2, -0.15) is 0 Å². The average molecular weight is 381 g/mol. The van der Waals surface area contributed by atoms with Crippen LogP contribution in [0.3, 0.4) is 0 Å². The summed E-state index contributed by atoms with van der Waals surface area (Å²) in [5.74, 6) is 0.0517. The van der Waals surface area contributed by atoms with Crippen molar-refractivity contribution in [3.63, 3.8) is 0 Å². The van der Waals surface area contributed by atoms with Crippen LogP contribution in [0.1, 0.15) is 29.6 Å². The predicted molar refractivity (Wildman–Crippen MR) is 106 cm³/mol. The van der Waals surface area contributed by atoms with E-state index in [0.29, 0.717) is 16.9 Å². The number of aromatic nitrogens is 2. The second-order valence-electron chi connectivity index (χ2n) is 6.46. The van der Waals surface area contributed by atoms with Gasteiger partial charge >= 0.3 is 6.03 Å². The third kappa shape index (κ3) is 4.06. The Balaban J connectivity index is 1.37. The molecule has 3 amide bonds. The number of anilines is 2. The van der Waals surface area contributed by atoms with Gasteiger partial charge in [-0.05, 0) is 73.3 Å². The van der Waals surface area contributed by atoms with Crippen LogP contribution in [0, 0.1) is 0 Å². The first-order valence-corrected chi connectivity index (χ1v) is 9.66. The maximum absolute atomic E-state index is 12.5. The fraction of sp³-hybridized carbons (Fsp3) is 0.263. The van der Waals surface area contributed by atoms with Crippen LogP contribution in [0.25, 0.3) is 10.2 Å². The van der Waals surface area contributed by atoms with Crippen molar-refractivity contribution >= 4 is 45.1 Å². The number of likely N-dealkylation sites (tertiary alicyclic amines) is 1. The maximum atomic E-state index is 12.5. The summed E-state index contributed by atoms with van der Waals surface area (Å²) < 4.78 is 4.85. The molecule has 0 saturated carbocycles. The predicted octanol–water partition coefficient (Wildman–Crippen LogP) is 3.96. The third-order valence-corrected chi connectivity index (χ3v) is 5.24. The molecule has 138 valence electrons. The highest BCUT2D eigenvalue weighted by Gasteiger charge is 2.18. The molecule has 4 rings (SSSR count). The first kappa shape index (κ1) is 17.4. The molecule has 2 heterocycles. The normalized spacial score (nSPS) is 14.1. The smallest absolute Gasteiger partial charge is 0.323 e. The molecule has 1 saturated heterocycles. The van der Waals surface area contributed by atoms with E-state index in [4.69, 9.17) is 0 Å². The molecule has 1 fully saturated rings. The lowest BCUT2D eigenvalue weighted by Gasteiger charge is -2.26. The number of nitrogens with zero attached hydrogens (tertiary/aromatic N) is 3. The lowest BCUT2D eigenvalue weighted by Crippen LogP contribution is -2.35. The molecule has 3 aromatic rings. The van der Waals surface area contributed by atoms with Crippen LogP contribution in [-0.2, 0) is 0 Å². The van der Waals surface area contributed by atoms with E-state index in [9.17, 15) is 9.59 Å². The highest BCUT2D eigenvalue weighted by Crippen LogP contribution is 2.20. The van der Waals surface area contributed by atoms with Crippen LogP contribution < -0.4 is 10.6 Å². The zero-order chi connectivity index (χ0) is 18.6. The quantitative estimate of drug-likeness (QED) is 0.719. The number of amides is 3. The molecule has 2 N–H and O–H groups in total. The molecule has 0 radical (unpaired) electrons. The van der Waals surface area contributed by atoms with Gasteiger partial charge in [0.2, 0.25) is 0 Å². The maximum Gasteiger partial charge on any atom is 0.323 e. The van der Waals surface area contributed by atoms with Gasteiger partial charge < -0.3 is 15.5 Å². The third-order valence-electron chi connectivity index (χ3n) is 4.54. The van der Waals surface area contributed by atoms with Gasteiger partial charge in [0, 0.05) is 30.0 Å². The summed E-state index contributed by atoms with van der Waals surface area (Å²) >= 11 is 1.31. The first-order chi connectivity index (χ1) is 13.2. The van der Waals surface area contributed by atoms with Gasteiger partial charge in [0.05, 0.1) is 4.70 Å². The second kappa shape index (κ2) is 7.71. The summed E-state index contributed by atoms with van der Waals surface area (Å²) in [6.07, 6.45) is 3.32. The zero-order valence-corrected chi connectivity index (χ0v) is 15.5. The molecule has 0 atom stereocenters. The van der Waals surface area contributed by atoms with E-state index in [-0.39, 0.29) is 11.9 Å².